The van der Waals surface area contributed by atoms with Gasteiger partial charge < -0.3 is 14.8 Å². The molecule has 1 N–H and O–H groups in total. The molecule has 0 saturated carbocycles. The molecule has 6 heteroatoms. The van der Waals surface area contributed by atoms with E-state index >= 15 is 0 Å². The molecule has 4 nitrogen and oxygen atoms in total. The van der Waals surface area contributed by atoms with Gasteiger partial charge in [-0.05, 0) is 78.8 Å². The molecule has 1 saturated heterocycles. The molecule has 2 aromatic carbocycles. The summed E-state index contributed by atoms with van der Waals surface area (Å²) in [5.74, 6) is -0.268. The van der Waals surface area contributed by atoms with E-state index in [9.17, 15) is 4.39 Å². The van der Waals surface area contributed by atoms with Gasteiger partial charge in [0, 0.05) is 29.5 Å². The lowest BCUT2D eigenvalue weighted by atomic mass is 10.0. The zero-order valence-electron chi connectivity index (χ0n) is 17.6. The molecule has 3 heterocycles. The highest BCUT2D eigenvalue weighted by Gasteiger charge is 2.42. The van der Waals surface area contributed by atoms with Crippen molar-refractivity contribution in [2.45, 2.75) is 25.4 Å². The second kappa shape index (κ2) is 8.55. The van der Waals surface area contributed by atoms with Gasteiger partial charge in [0.25, 0.3) is 0 Å². The van der Waals surface area contributed by atoms with Gasteiger partial charge in [-0.15, -0.1) is 0 Å². The Labute approximate surface area is 192 Å². The van der Waals surface area contributed by atoms with Gasteiger partial charge in [-0.25, -0.2) is 4.39 Å². The van der Waals surface area contributed by atoms with Crippen molar-refractivity contribution in [3.05, 3.63) is 114 Å². The van der Waals surface area contributed by atoms with Crippen LogP contribution < -0.4 is 10.2 Å². The van der Waals surface area contributed by atoms with E-state index < -0.39 is 0 Å². The van der Waals surface area contributed by atoms with Crippen molar-refractivity contribution >= 4 is 23.0 Å². The number of hydrogen-bond acceptors (Lipinski definition) is 2. The minimum atomic E-state index is -0.268. The quantitative estimate of drug-likeness (QED) is 0.399. The molecule has 2 aromatic heterocycles. The summed E-state index contributed by atoms with van der Waals surface area (Å²) in [5, 5.41) is 4.12. The molecule has 1 fully saturated rings. The Morgan fingerprint density at radius 2 is 1.81 bits per heavy atom. The van der Waals surface area contributed by atoms with Gasteiger partial charge in [0.05, 0.1) is 11.7 Å². The van der Waals surface area contributed by atoms with Gasteiger partial charge in [0.2, 0.25) is 0 Å². The van der Waals surface area contributed by atoms with Crippen LogP contribution in [0.4, 0.5) is 10.1 Å². The highest BCUT2D eigenvalue weighted by Crippen LogP contribution is 2.42. The number of aromatic nitrogens is 2. The van der Waals surface area contributed by atoms with Crippen molar-refractivity contribution in [1.82, 2.24) is 14.9 Å². The predicted molar refractivity (Wildman–Crippen MR) is 129 cm³/mol. The minimum Gasteiger partial charge on any atom is -0.351 e. The third-order valence-electron chi connectivity index (χ3n) is 5.89. The monoisotopic (exact) mass is 442 g/mol. The molecule has 4 aromatic rings. The molecule has 32 heavy (non-hydrogen) atoms. The van der Waals surface area contributed by atoms with Crippen molar-refractivity contribution in [3.8, 4) is 5.69 Å². The molecule has 0 bridgehead atoms. The van der Waals surface area contributed by atoms with E-state index in [2.05, 4.69) is 52.5 Å². The Hall–Kier alpha value is -3.51. The summed E-state index contributed by atoms with van der Waals surface area (Å²) in [5.41, 5.74) is 4.95. The number of hydrogen-bond donors (Lipinski definition) is 1. The molecule has 5 rings (SSSR count). The van der Waals surface area contributed by atoms with Gasteiger partial charge in [-0.3, -0.25) is 4.98 Å². The smallest absolute Gasteiger partial charge is 0.174 e. The van der Waals surface area contributed by atoms with Crippen LogP contribution in [0, 0.1) is 5.82 Å². The zero-order chi connectivity index (χ0) is 22.1. The van der Waals surface area contributed by atoms with E-state index in [0.717, 1.165) is 29.2 Å². The maximum absolute atomic E-state index is 14.0. The summed E-state index contributed by atoms with van der Waals surface area (Å²) in [6.45, 7) is 2.14. The number of pyridine rings is 1. The van der Waals surface area contributed by atoms with Gasteiger partial charge >= 0.3 is 0 Å². The lowest BCUT2D eigenvalue weighted by Gasteiger charge is -2.29. The molecule has 2 unspecified atom stereocenters. The van der Waals surface area contributed by atoms with Gasteiger partial charge in [-0.1, -0.05) is 31.2 Å². The molecule has 0 amide bonds. The normalized spacial score (nSPS) is 18.1. The Kier molecular flexibility index (Phi) is 5.45. The summed E-state index contributed by atoms with van der Waals surface area (Å²) in [4.78, 5) is 6.75. The second-order valence-electron chi connectivity index (χ2n) is 7.80. The lowest BCUT2D eigenvalue weighted by Crippen LogP contribution is -2.30. The molecule has 160 valence electrons. The molecule has 2 atom stereocenters. The van der Waals surface area contributed by atoms with Gasteiger partial charge in [0.1, 0.15) is 11.9 Å². The fourth-order valence-electron chi connectivity index (χ4n) is 4.32. The molecule has 0 spiro atoms. The number of aryl methyl sites for hydroxylation is 1. The van der Waals surface area contributed by atoms with E-state index in [1.165, 1.54) is 11.6 Å². The highest BCUT2D eigenvalue weighted by molar-refractivity contribution is 7.80. The number of halogens is 1. The van der Waals surface area contributed by atoms with Crippen LogP contribution >= 0.6 is 12.2 Å². The average molecular weight is 443 g/mol. The first-order valence-electron chi connectivity index (χ1n) is 10.7. The first-order valence-corrected chi connectivity index (χ1v) is 11.1. The third-order valence-corrected chi connectivity index (χ3v) is 6.21. The zero-order valence-corrected chi connectivity index (χ0v) is 18.5. The number of anilines is 1. The van der Waals surface area contributed by atoms with Crippen molar-refractivity contribution in [2.75, 3.05) is 4.90 Å². The summed E-state index contributed by atoms with van der Waals surface area (Å²) in [7, 11) is 0. The number of benzene rings is 2. The summed E-state index contributed by atoms with van der Waals surface area (Å²) < 4.78 is 16.0. The van der Waals surface area contributed by atoms with E-state index in [-0.39, 0.29) is 17.9 Å². The van der Waals surface area contributed by atoms with Crippen LogP contribution in [0.2, 0.25) is 0 Å². The lowest BCUT2D eigenvalue weighted by molar-refractivity contribution is 0.549. The highest BCUT2D eigenvalue weighted by atomic mass is 32.1. The van der Waals surface area contributed by atoms with Gasteiger partial charge in [0.15, 0.2) is 5.11 Å². The Bertz CT molecular complexity index is 1240. The first-order chi connectivity index (χ1) is 15.7. The van der Waals surface area contributed by atoms with E-state index in [1.807, 2.05) is 41.1 Å². The van der Waals surface area contributed by atoms with Crippen LogP contribution in [0.3, 0.4) is 0 Å². The van der Waals surface area contributed by atoms with Crippen molar-refractivity contribution in [1.29, 1.82) is 0 Å². The van der Waals surface area contributed by atoms with Gasteiger partial charge in [-0.2, -0.15) is 0 Å². The van der Waals surface area contributed by atoms with Crippen LogP contribution in [-0.2, 0) is 6.42 Å². The molecule has 0 radical (unpaired) electrons. The fourth-order valence-corrected chi connectivity index (χ4v) is 4.67. The Balaban J connectivity index is 1.65. The second-order valence-corrected chi connectivity index (χ2v) is 8.19. The third kappa shape index (κ3) is 3.67. The number of thiocarbonyl (C=S) groups is 1. The number of nitrogens with zero attached hydrogens (tertiary/aromatic N) is 3. The van der Waals surface area contributed by atoms with E-state index in [1.54, 1.807) is 18.3 Å². The fraction of sp³-hybridized carbons (Fsp3) is 0.154. The topological polar surface area (TPSA) is 33.1 Å². The maximum Gasteiger partial charge on any atom is 0.174 e. The van der Waals surface area contributed by atoms with E-state index in [4.69, 9.17) is 12.2 Å². The van der Waals surface area contributed by atoms with Crippen LogP contribution in [0.15, 0.2) is 91.3 Å². The number of rotatable bonds is 5. The van der Waals surface area contributed by atoms with E-state index in [0.29, 0.717) is 5.11 Å². The predicted octanol–water partition coefficient (Wildman–Crippen LogP) is 5.75. The molecular formula is C26H23FN4S. The first kappa shape index (κ1) is 20.4. The average Bonchev–Trinajstić information content (AvgIpc) is 3.44. The van der Waals surface area contributed by atoms with Crippen LogP contribution in [0.5, 0.6) is 0 Å². The largest absolute Gasteiger partial charge is 0.351 e. The molecule has 1 aliphatic rings. The van der Waals surface area contributed by atoms with Crippen molar-refractivity contribution in [3.63, 3.8) is 0 Å². The summed E-state index contributed by atoms with van der Waals surface area (Å²) >= 11 is 5.81. The molecular weight excluding hydrogens is 419 g/mol. The Morgan fingerprint density at radius 1 is 0.969 bits per heavy atom. The van der Waals surface area contributed by atoms with Crippen molar-refractivity contribution in [2.24, 2.45) is 0 Å². The van der Waals surface area contributed by atoms with Crippen molar-refractivity contribution < 1.29 is 4.39 Å². The molecule has 0 aliphatic carbocycles. The van der Waals surface area contributed by atoms with Crippen LogP contribution in [-0.4, -0.2) is 14.7 Å². The Morgan fingerprint density at radius 3 is 2.53 bits per heavy atom. The van der Waals surface area contributed by atoms with Crippen LogP contribution in [0.1, 0.15) is 36.0 Å². The summed E-state index contributed by atoms with van der Waals surface area (Å²) in [6.07, 6.45) is 4.73. The minimum absolute atomic E-state index is 0.156. The summed E-state index contributed by atoms with van der Waals surface area (Å²) in [6, 6.07) is 24.7. The number of nitrogens with one attached hydrogen (secondary N) is 1. The van der Waals surface area contributed by atoms with Crippen LogP contribution in [0.25, 0.3) is 5.69 Å². The standard InChI is InChI=1S/C26H23FN4S/c1-2-18-11-13-20(14-12-18)31-25(24(29-26(31)32)22-9-3-4-15-28-22)23-10-6-16-30(23)21-8-5-7-19(27)17-21/h3-17,24-25H,2H2,1H3,(H,29,32). The molecule has 1 aliphatic heterocycles. The SMILES string of the molecule is CCc1ccc(N2C(=S)NC(c3ccccn3)C2c2cccn2-c2cccc(F)c2)cc1. The maximum atomic E-state index is 14.0.